The Kier molecular flexibility index (Phi) is 5.49. The molecule has 1 rings (SSSR count). The molecular formula is C12H17BrN2O. The summed E-state index contributed by atoms with van der Waals surface area (Å²) in [6.45, 7) is 4.97. The normalized spacial score (nSPS) is 10.5. The van der Waals surface area contributed by atoms with Crippen molar-refractivity contribution < 1.29 is 4.79 Å². The summed E-state index contributed by atoms with van der Waals surface area (Å²) in [5, 5.41) is 5.93. The molecule has 1 aromatic carbocycles. The van der Waals surface area contributed by atoms with Crippen molar-refractivity contribution in [2.75, 3.05) is 6.54 Å². The van der Waals surface area contributed by atoms with Gasteiger partial charge in [-0.3, -0.25) is 4.79 Å². The molecule has 0 atom stereocenters. The standard InChI is InChI=1S/C12H17BrN2O/c1-9(2)14-8-12(16)15-7-10-4-3-5-11(13)6-10/h3-6,9,14H,7-8H2,1-2H3,(H,15,16). The molecule has 0 saturated heterocycles. The smallest absolute Gasteiger partial charge is 0.234 e. The monoisotopic (exact) mass is 284 g/mol. The second-order valence-corrected chi connectivity index (χ2v) is 4.86. The highest BCUT2D eigenvalue weighted by Gasteiger charge is 2.02. The number of rotatable bonds is 5. The van der Waals surface area contributed by atoms with Crippen LogP contribution in [0.4, 0.5) is 0 Å². The fourth-order valence-corrected chi connectivity index (χ4v) is 1.65. The zero-order valence-corrected chi connectivity index (χ0v) is 11.2. The third kappa shape index (κ3) is 5.28. The maximum atomic E-state index is 11.4. The van der Waals surface area contributed by atoms with Gasteiger partial charge in [0, 0.05) is 17.1 Å². The number of hydrogen-bond donors (Lipinski definition) is 2. The number of halogens is 1. The molecule has 0 radical (unpaired) electrons. The lowest BCUT2D eigenvalue weighted by Crippen LogP contribution is -2.36. The van der Waals surface area contributed by atoms with Gasteiger partial charge in [-0.25, -0.2) is 0 Å². The average molecular weight is 285 g/mol. The number of carbonyl (C=O) groups is 1. The maximum Gasteiger partial charge on any atom is 0.234 e. The minimum atomic E-state index is 0.0219. The quantitative estimate of drug-likeness (QED) is 0.869. The number of nitrogens with one attached hydrogen (secondary N) is 2. The van der Waals surface area contributed by atoms with Gasteiger partial charge in [-0.05, 0) is 17.7 Å². The van der Waals surface area contributed by atoms with Crippen LogP contribution in [-0.4, -0.2) is 18.5 Å². The van der Waals surface area contributed by atoms with Gasteiger partial charge in [0.05, 0.1) is 6.54 Å². The Hall–Kier alpha value is -0.870. The molecule has 0 saturated carbocycles. The summed E-state index contributed by atoms with van der Waals surface area (Å²) in [5.41, 5.74) is 1.09. The Morgan fingerprint density at radius 2 is 2.19 bits per heavy atom. The highest BCUT2D eigenvalue weighted by Crippen LogP contribution is 2.11. The highest BCUT2D eigenvalue weighted by atomic mass is 79.9. The van der Waals surface area contributed by atoms with Crippen molar-refractivity contribution in [2.45, 2.75) is 26.4 Å². The predicted molar refractivity (Wildman–Crippen MR) is 69.1 cm³/mol. The van der Waals surface area contributed by atoms with Crippen molar-refractivity contribution in [3.8, 4) is 0 Å². The molecule has 0 unspecified atom stereocenters. The van der Waals surface area contributed by atoms with Crippen LogP contribution in [0.2, 0.25) is 0 Å². The van der Waals surface area contributed by atoms with Gasteiger partial charge in [-0.15, -0.1) is 0 Å². The van der Waals surface area contributed by atoms with Crippen molar-refractivity contribution in [1.82, 2.24) is 10.6 Å². The van der Waals surface area contributed by atoms with Gasteiger partial charge < -0.3 is 10.6 Å². The number of hydrogen-bond acceptors (Lipinski definition) is 2. The van der Waals surface area contributed by atoms with Crippen LogP contribution in [-0.2, 0) is 11.3 Å². The summed E-state index contributed by atoms with van der Waals surface area (Å²) in [7, 11) is 0. The Morgan fingerprint density at radius 3 is 2.81 bits per heavy atom. The van der Waals surface area contributed by atoms with Gasteiger partial charge in [-0.2, -0.15) is 0 Å². The van der Waals surface area contributed by atoms with Gasteiger partial charge in [-0.1, -0.05) is 41.9 Å². The van der Waals surface area contributed by atoms with Crippen molar-refractivity contribution in [1.29, 1.82) is 0 Å². The molecule has 1 aromatic rings. The molecule has 0 aliphatic carbocycles. The largest absolute Gasteiger partial charge is 0.351 e. The Morgan fingerprint density at radius 1 is 1.44 bits per heavy atom. The van der Waals surface area contributed by atoms with Crippen molar-refractivity contribution >= 4 is 21.8 Å². The molecule has 2 N–H and O–H groups in total. The molecule has 1 amide bonds. The summed E-state index contributed by atoms with van der Waals surface area (Å²) < 4.78 is 1.03. The molecule has 0 heterocycles. The fourth-order valence-electron chi connectivity index (χ4n) is 1.21. The average Bonchev–Trinajstić information content (AvgIpc) is 2.23. The zero-order chi connectivity index (χ0) is 12.0. The number of amides is 1. The summed E-state index contributed by atoms with van der Waals surface area (Å²) in [6.07, 6.45) is 0. The van der Waals surface area contributed by atoms with Gasteiger partial charge in [0.1, 0.15) is 0 Å². The first-order valence-electron chi connectivity index (χ1n) is 5.32. The second-order valence-electron chi connectivity index (χ2n) is 3.94. The van der Waals surface area contributed by atoms with E-state index in [0.717, 1.165) is 10.0 Å². The lowest BCUT2D eigenvalue weighted by Gasteiger charge is -2.09. The minimum Gasteiger partial charge on any atom is -0.351 e. The van der Waals surface area contributed by atoms with E-state index in [9.17, 15) is 4.79 Å². The molecule has 4 heteroatoms. The lowest BCUT2D eigenvalue weighted by molar-refractivity contribution is -0.120. The van der Waals surface area contributed by atoms with Gasteiger partial charge in [0.25, 0.3) is 0 Å². The Bertz CT molecular complexity index is 353. The summed E-state index contributed by atoms with van der Waals surface area (Å²) in [6, 6.07) is 8.23. The highest BCUT2D eigenvalue weighted by molar-refractivity contribution is 9.10. The molecule has 0 spiro atoms. The maximum absolute atomic E-state index is 11.4. The van der Waals surface area contributed by atoms with Crippen molar-refractivity contribution in [3.63, 3.8) is 0 Å². The van der Waals surface area contributed by atoms with E-state index in [0.29, 0.717) is 19.1 Å². The first-order chi connectivity index (χ1) is 7.58. The van der Waals surface area contributed by atoms with Crippen LogP contribution in [0.5, 0.6) is 0 Å². The molecule has 0 aliphatic rings. The van der Waals surface area contributed by atoms with Gasteiger partial charge in [0.2, 0.25) is 5.91 Å². The zero-order valence-electron chi connectivity index (χ0n) is 9.59. The van der Waals surface area contributed by atoms with Crippen LogP contribution in [0.15, 0.2) is 28.7 Å². The molecule has 16 heavy (non-hydrogen) atoms. The number of benzene rings is 1. The van der Waals surface area contributed by atoms with Crippen LogP contribution >= 0.6 is 15.9 Å². The van der Waals surface area contributed by atoms with E-state index in [1.54, 1.807) is 0 Å². The van der Waals surface area contributed by atoms with Gasteiger partial charge >= 0.3 is 0 Å². The van der Waals surface area contributed by atoms with E-state index in [-0.39, 0.29) is 5.91 Å². The molecular weight excluding hydrogens is 268 g/mol. The van der Waals surface area contributed by atoms with Crippen molar-refractivity contribution in [2.24, 2.45) is 0 Å². The van der Waals surface area contributed by atoms with Crippen LogP contribution < -0.4 is 10.6 Å². The van der Waals surface area contributed by atoms with Crippen LogP contribution in [0.1, 0.15) is 19.4 Å². The minimum absolute atomic E-state index is 0.0219. The molecule has 88 valence electrons. The molecule has 0 aromatic heterocycles. The first kappa shape index (κ1) is 13.2. The van der Waals surface area contributed by atoms with Crippen molar-refractivity contribution in [3.05, 3.63) is 34.3 Å². The third-order valence-corrected chi connectivity index (χ3v) is 2.54. The number of carbonyl (C=O) groups excluding carboxylic acids is 1. The lowest BCUT2D eigenvalue weighted by atomic mass is 10.2. The molecule has 0 bridgehead atoms. The van der Waals surface area contributed by atoms with Crippen LogP contribution in [0.25, 0.3) is 0 Å². The molecule has 0 fully saturated rings. The van der Waals surface area contributed by atoms with Crippen LogP contribution in [0, 0.1) is 0 Å². The summed E-state index contributed by atoms with van der Waals surface area (Å²) >= 11 is 3.39. The third-order valence-electron chi connectivity index (χ3n) is 2.05. The first-order valence-corrected chi connectivity index (χ1v) is 6.12. The topological polar surface area (TPSA) is 41.1 Å². The fraction of sp³-hybridized carbons (Fsp3) is 0.417. The van der Waals surface area contributed by atoms with E-state index in [1.807, 2.05) is 38.1 Å². The molecule has 0 aliphatic heterocycles. The summed E-state index contributed by atoms with van der Waals surface area (Å²) in [5.74, 6) is 0.0219. The SMILES string of the molecule is CC(C)NCC(=O)NCc1cccc(Br)c1. The van der Waals surface area contributed by atoms with E-state index in [4.69, 9.17) is 0 Å². The van der Waals surface area contributed by atoms with Gasteiger partial charge in [0.15, 0.2) is 0 Å². The second kappa shape index (κ2) is 6.66. The van der Waals surface area contributed by atoms with E-state index in [2.05, 4.69) is 26.6 Å². The van der Waals surface area contributed by atoms with E-state index in [1.165, 1.54) is 0 Å². The van der Waals surface area contributed by atoms with Crippen LogP contribution in [0.3, 0.4) is 0 Å². The Balaban J connectivity index is 2.31. The van der Waals surface area contributed by atoms with E-state index < -0.39 is 0 Å². The predicted octanol–water partition coefficient (Wildman–Crippen LogP) is 2.06. The summed E-state index contributed by atoms with van der Waals surface area (Å²) in [4.78, 5) is 11.4. The Labute approximate surface area is 105 Å². The van der Waals surface area contributed by atoms with E-state index >= 15 is 0 Å². The molecule has 3 nitrogen and oxygen atoms in total.